The summed E-state index contributed by atoms with van der Waals surface area (Å²) in [6, 6.07) is 18.7. The fraction of sp³-hybridized carbons (Fsp3) is 0.348. The average Bonchev–Trinajstić information content (AvgIpc) is 2.95. The maximum Gasteiger partial charge on any atom is 0.411 e. The van der Waals surface area contributed by atoms with E-state index in [1.807, 2.05) is 43.9 Å². The van der Waals surface area contributed by atoms with Crippen LogP contribution in [0.2, 0.25) is 0 Å². The Balaban J connectivity index is 1.80. The lowest BCUT2D eigenvalue weighted by molar-refractivity contribution is 0.0212. The molecule has 2 aromatic carbocycles. The summed E-state index contributed by atoms with van der Waals surface area (Å²) in [5, 5.41) is 1.15. The number of carbonyl (C=O) groups is 1. The largest absolute Gasteiger partial charge is 0.444 e. The first-order valence-corrected chi connectivity index (χ1v) is 10.5. The second-order valence-electron chi connectivity index (χ2n) is 8.15. The smallest absolute Gasteiger partial charge is 0.411 e. The normalized spacial score (nSPS) is 16.9. The monoisotopic (exact) mass is 394 g/mol. The molecule has 1 amide bonds. The van der Waals surface area contributed by atoms with Gasteiger partial charge in [0.2, 0.25) is 0 Å². The van der Waals surface area contributed by atoms with Gasteiger partial charge in [0.25, 0.3) is 0 Å². The highest BCUT2D eigenvalue weighted by molar-refractivity contribution is 7.99. The average molecular weight is 395 g/mol. The molecule has 28 heavy (non-hydrogen) atoms. The van der Waals surface area contributed by atoms with Crippen LogP contribution in [0.15, 0.2) is 59.5 Å². The van der Waals surface area contributed by atoms with Crippen molar-refractivity contribution in [3.8, 4) is 0 Å². The van der Waals surface area contributed by atoms with Crippen LogP contribution in [0, 0.1) is 0 Å². The standard InChI is InChI=1S/C23H26N2O2S/c1-23(2,3)27-22(26)25-15-14-18-17-12-8-9-13-19(17)24(4)20(18)21(25)28-16-10-6-5-7-11-16/h5-13,21H,14-15H2,1-4H3. The van der Waals surface area contributed by atoms with Gasteiger partial charge in [-0.2, -0.15) is 0 Å². The molecule has 1 aliphatic rings. The molecule has 1 unspecified atom stereocenters. The predicted octanol–water partition coefficient (Wildman–Crippen LogP) is 5.76. The fourth-order valence-corrected chi connectivity index (χ4v) is 5.12. The molecule has 1 aromatic heterocycles. The van der Waals surface area contributed by atoms with Crippen molar-refractivity contribution in [3.05, 3.63) is 65.9 Å². The number of aryl methyl sites for hydroxylation is 1. The molecule has 3 aromatic rings. The van der Waals surface area contributed by atoms with Crippen molar-refractivity contribution in [2.45, 2.75) is 43.1 Å². The summed E-state index contributed by atoms with van der Waals surface area (Å²) >= 11 is 1.70. The maximum atomic E-state index is 13.0. The van der Waals surface area contributed by atoms with E-state index in [0.717, 1.165) is 11.3 Å². The molecule has 2 heterocycles. The number of amides is 1. The van der Waals surface area contributed by atoms with E-state index in [1.54, 1.807) is 11.8 Å². The van der Waals surface area contributed by atoms with Crippen molar-refractivity contribution in [3.63, 3.8) is 0 Å². The molecule has 0 spiro atoms. The first-order valence-electron chi connectivity index (χ1n) is 9.62. The molecule has 4 rings (SSSR count). The van der Waals surface area contributed by atoms with Gasteiger partial charge in [0.15, 0.2) is 0 Å². The zero-order valence-corrected chi connectivity index (χ0v) is 17.6. The Bertz CT molecular complexity index is 1000. The minimum atomic E-state index is -0.516. The number of fused-ring (bicyclic) bond motifs is 3. The second-order valence-corrected chi connectivity index (χ2v) is 9.30. The number of para-hydroxylation sites is 1. The molecule has 0 aliphatic carbocycles. The van der Waals surface area contributed by atoms with Crippen molar-refractivity contribution in [2.24, 2.45) is 7.05 Å². The zero-order valence-electron chi connectivity index (χ0n) is 16.8. The number of thioether (sulfide) groups is 1. The molecule has 5 heteroatoms. The van der Waals surface area contributed by atoms with Crippen LogP contribution in [0.5, 0.6) is 0 Å². The van der Waals surface area contributed by atoms with Crippen molar-refractivity contribution in [1.29, 1.82) is 0 Å². The molecule has 0 saturated carbocycles. The van der Waals surface area contributed by atoms with Gasteiger partial charge in [-0.05, 0) is 51.0 Å². The molecule has 0 fully saturated rings. The number of hydrogen-bond acceptors (Lipinski definition) is 3. The molecule has 0 bridgehead atoms. The highest BCUT2D eigenvalue weighted by Gasteiger charge is 2.37. The summed E-state index contributed by atoms with van der Waals surface area (Å²) in [4.78, 5) is 16.0. The first-order chi connectivity index (χ1) is 13.3. The highest BCUT2D eigenvalue weighted by Crippen LogP contribution is 2.45. The van der Waals surface area contributed by atoms with Crippen molar-refractivity contribution in [2.75, 3.05) is 6.54 Å². The van der Waals surface area contributed by atoms with Gasteiger partial charge in [0.1, 0.15) is 11.0 Å². The third-order valence-electron chi connectivity index (χ3n) is 5.00. The number of ether oxygens (including phenoxy) is 1. The lowest BCUT2D eigenvalue weighted by atomic mass is 10.0. The minimum Gasteiger partial charge on any atom is -0.444 e. The zero-order chi connectivity index (χ0) is 19.9. The van der Waals surface area contributed by atoms with E-state index in [2.05, 4.69) is 48.0 Å². The molecule has 146 valence electrons. The van der Waals surface area contributed by atoms with Crippen LogP contribution < -0.4 is 0 Å². The number of benzene rings is 2. The van der Waals surface area contributed by atoms with Gasteiger partial charge < -0.3 is 9.30 Å². The van der Waals surface area contributed by atoms with Crippen molar-refractivity contribution < 1.29 is 9.53 Å². The highest BCUT2D eigenvalue weighted by atomic mass is 32.2. The van der Waals surface area contributed by atoms with Crippen molar-refractivity contribution in [1.82, 2.24) is 9.47 Å². The van der Waals surface area contributed by atoms with E-state index < -0.39 is 5.60 Å². The van der Waals surface area contributed by atoms with E-state index >= 15 is 0 Å². The van der Waals surface area contributed by atoms with Crippen molar-refractivity contribution >= 4 is 28.8 Å². The van der Waals surface area contributed by atoms with E-state index in [4.69, 9.17) is 4.74 Å². The van der Waals surface area contributed by atoms with Gasteiger partial charge in [-0.15, -0.1) is 0 Å². The van der Waals surface area contributed by atoms with E-state index in [9.17, 15) is 4.79 Å². The van der Waals surface area contributed by atoms with Crippen LogP contribution in [0.25, 0.3) is 10.9 Å². The Morgan fingerprint density at radius 2 is 1.75 bits per heavy atom. The van der Waals surface area contributed by atoms with Crippen LogP contribution in [0.3, 0.4) is 0 Å². The van der Waals surface area contributed by atoms with Crippen LogP contribution in [-0.2, 0) is 18.2 Å². The molecule has 0 N–H and O–H groups in total. The minimum absolute atomic E-state index is 0.126. The fourth-order valence-electron chi connectivity index (χ4n) is 3.82. The number of aromatic nitrogens is 1. The van der Waals surface area contributed by atoms with E-state index in [1.165, 1.54) is 22.2 Å². The van der Waals surface area contributed by atoms with Crippen LogP contribution in [0.4, 0.5) is 4.79 Å². The summed E-state index contributed by atoms with van der Waals surface area (Å²) in [5.74, 6) is 0. The molecule has 0 radical (unpaired) electrons. The predicted molar refractivity (Wildman–Crippen MR) is 115 cm³/mol. The summed E-state index contributed by atoms with van der Waals surface area (Å²) < 4.78 is 7.98. The molecular weight excluding hydrogens is 368 g/mol. The lowest BCUT2D eigenvalue weighted by Gasteiger charge is -2.37. The topological polar surface area (TPSA) is 34.5 Å². The third kappa shape index (κ3) is 3.51. The molecular formula is C23H26N2O2S. The summed E-state index contributed by atoms with van der Waals surface area (Å²) in [5.41, 5.74) is 3.22. The summed E-state index contributed by atoms with van der Waals surface area (Å²) in [6.07, 6.45) is 0.582. The number of nitrogens with zero attached hydrogens (tertiary/aromatic N) is 2. The van der Waals surface area contributed by atoms with E-state index in [-0.39, 0.29) is 11.5 Å². The number of carbonyl (C=O) groups excluding carboxylic acids is 1. The SMILES string of the molecule is Cn1c2c(c3ccccc31)CCN(C(=O)OC(C)(C)C)C2Sc1ccccc1. The van der Waals surface area contributed by atoms with Gasteiger partial charge in [0, 0.05) is 29.4 Å². The van der Waals surface area contributed by atoms with Gasteiger partial charge in [-0.1, -0.05) is 48.2 Å². The number of hydrogen-bond donors (Lipinski definition) is 0. The molecule has 0 saturated heterocycles. The Morgan fingerprint density at radius 3 is 2.46 bits per heavy atom. The molecule has 1 aliphatic heterocycles. The molecule has 4 nitrogen and oxygen atoms in total. The van der Waals surface area contributed by atoms with Gasteiger partial charge in [-0.3, -0.25) is 4.90 Å². The quantitative estimate of drug-likeness (QED) is 0.554. The van der Waals surface area contributed by atoms with Crippen LogP contribution in [0.1, 0.15) is 37.4 Å². The maximum absolute atomic E-state index is 13.0. The van der Waals surface area contributed by atoms with E-state index in [0.29, 0.717) is 6.54 Å². The van der Waals surface area contributed by atoms with Crippen LogP contribution >= 0.6 is 11.8 Å². The lowest BCUT2D eigenvalue weighted by Crippen LogP contribution is -2.42. The summed E-state index contributed by atoms with van der Waals surface area (Å²) in [6.45, 7) is 6.39. The number of rotatable bonds is 2. The Kier molecular flexibility index (Phi) is 4.88. The van der Waals surface area contributed by atoms with Gasteiger partial charge in [-0.25, -0.2) is 4.79 Å². The Labute approximate surface area is 170 Å². The van der Waals surface area contributed by atoms with Gasteiger partial charge >= 0.3 is 6.09 Å². The third-order valence-corrected chi connectivity index (χ3v) is 6.25. The first kappa shape index (κ1) is 18.9. The van der Waals surface area contributed by atoms with Crippen LogP contribution in [-0.4, -0.2) is 27.7 Å². The second kappa shape index (κ2) is 7.21. The molecule has 1 atom stereocenters. The summed E-state index contributed by atoms with van der Waals surface area (Å²) in [7, 11) is 2.10. The van der Waals surface area contributed by atoms with Gasteiger partial charge in [0.05, 0.1) is 5.69 Å². The Hall–Kier alpha value is -2.40. The Morgan fingerprint density at radius 1 is 1.07 bits per heavy atom.